The van der Waals surface area contributed by atoms with Gasteiger partial charge in [-0.25, -0.2) is 0 Å². The maximum absolute atomic E-state index is 12.8. The molecule has 3 saturated heterocycles. The molecule has 1 aromatic heterocycles. The molecule has 0 spiro atoms. The van der Waals surface area contributed by atoms with E-state index in [4.69, 9.17) is 20.4 Å². The van der Waals surface area contributed by atoms with Crippen molar-refractivity contribution in [2.24, 2.45) is 15.9 Å². The molecule has 3 fully saturated rings. The van der Waals surface area contributed by atoms with Gasteiger partial charge in [0.1, 0.15) is 11.4 Å². The smallest absolute Gasteiger partial charge is 0.254 e. The quantitative estimate of drug-likeness (QED) is 0.263. The zero-order valence-corrected chi connectivity index (χ0v) is 24.5. The lowest BCUT2D eigenvalue weighted by Gasteiger charge is -2.26. The fourth-order valence-corrected chi connectivity index (χ4v) is 6.05. The topological polar surface area (TPSA) is 114 Å². The molecule has 2 aromatic carbocycles. The van der Waals surface area contributed by atoms with E-state index in [-0.39, 0.29) is 11.9 Å². The number of carbonyl (C=O) groups is 1. The lowest BCUT2D eigenvalue weighted by molar-refractivity contribution is 0.0303. The number of nitrogens with zero attached hydrogens (tertiary/aromatic N) is 7. The van der Waals surface area contributed by atoms with Crippen molar-refractivity contribution >= 4 is 40.1 Å². The fourth-order valence-electron chi connectivity index (χ4n) is 6.05. The molecule has 3 aliphatic heterocycles. The summed E-state index contributed by atoms with van der Waals surface area (Å²) in [5.74, 6) is 5.97. The number of likely N-dealkylation sites (N-methyl/N-ethyl adjacent to an activating group) is 1. The van der Waals surface area contributed by atoms with Gasteiger partial charge in [-0.3, -0.25) is 14.5 Å². The number of benzene rings is 2. The summed E-state index contributed by atoms with van der Waals surface area (Å²) in [7, 11) is 4.29. The number of carbonyl (C=O) groups excluding carboxylic acids is 1. The van der Waals surface area contributed by atoms with Gasteiger partial charge >= 0.3 is 0 Å². The maximum atomic E-state index is 12.8. The highest BCUT2D eigenvalue weighted by Crippen LogP contribution is 2.32. The van der Waals surface area contributed by atoms with Crippen LogP contribution in [0.3, 0.4) is 0 Å². The maximum Gasteiger partial charge on any atom is 0.254 e. The third-order valence-corrected chi connectivity index (χ3v) is 8.62. The number of anilines is 1. The first kappa shape index (κ1) is 28.3. The van der Waals surface area contributed by atoms with Gasteiger partial charge in [0.25, 0.3) is 5.91 Å². The van der Waals surface area contributed by atoms with Crippen molar-refractivity contribution in [2.75, 3.05) is 71.6 Å². The Hall–Kier alpha value is -3.80. The molecule has 1 atom stereocenters. The van der Waals surface area contributed by atoms with Gasteiger partial charge in [0, 0.05) is 62.1 Å². The Labute approximate surface area is 246 Å². The average molecular weight is 573 g/mol. The zero-order chi connectivity index (χ0) is 29.1. The monoisotopic (exact) mass is 572 g/mol. The molecule has 4 heterocycles. The molecule has 2 N–H and O–H groups in total. The number of morpholine rings is 1. The minimum Gasteiger partial charge on any atom is -0.381 e. The zero-order valence-electron chi connectivity index (χ0n) is 24.5. The number of amides is 1. The van der Waals surface area contributed by atoms with Gasteiger partial charge in [0.2, 0.25) is 0 Å². The van der Waals surface area contributed by atoms with Gasteiger partial charge in [-0.05, 0) is 75.8 Å². The highest BCUT2D eigenvalue weighted by Gasteiger charge is 2.27. The molecule has 1 amide bonds. The molecule has 1 unspecified atom stereocenters. The summed E-state index contributed by atoms with van der Waals surface area (Å²) in [6.45, 7) is 5.82. The second-order valence-electron chi connectivity index (χ2n) is 11.4. The van der Waals surface area contributed by atoms with Crippen LogP contribution in [-0.2, 0) is 9.47 Å². The van der Waals surface area contributed by atoms with Gasteiger partial charge in [0.05, 0.1) is 36.7 Å². The highest BCUT2D eigenvalue weighted by molar-refractivity contribution is 6.40. The lowest BCUT2D eigenvalue weighted by atomic mass is 10.1. The van der Waals surface area contributed by atoms with Crippen LogP contribution in [0.1, 0.15) is 41.4 Å². The summed E-state index contributed by atoms with van der Waals surface area (Å²) in [4.78, 5) is 24.0. The molecule has 11 heteroatoms. The van der Waals surface area contributed by atoms with Crippen LogP contribution in [0.5, 0.6) is 0 Å². The molecular formula is C31H40N8O3. The van der Waals surface area contributed by atoms with Crippen molar-refractivity contribution in [3.8, 4) is 0 Å². The first-order valence-electron chi connectivity index (χ1n) is 14.8. The molecule has 0 radical (unpaired) electrons. The van der Waals surface area contributed by atoms with E-state index in [1.807, 2.05) is 29.2 Å². The second kappa shape index (κ2) is 12.6. The van der Waals surface area contributed by atoms with Crippen molar-refractivity contribution in [2.45, 2.75) is 31.3 Å². The SMILES string of the molecule is CN(C)C1CCN(c2ccc3c(c2)c(C(C=Nc2ccc(C(=O)N4CCOCC4)cc2)=NN)nn3C2CCOCC2)C1. The molecular weight excluding hydrogens is 532 g/mol. The van der Waals surface area contributed by atoms with E-state index in [1.54, 1.807) is 6.21 Å². The third-order valence-electron chi connectivity index (χ3n) is 8.62. The van der Waals surface area contributed by atoms with Crippen LogP contribution in [-0.4, -0.2) is 110 Å². The summed E-state index contributed by atoms with van der Waals surface area (Å²) in [6, 6.07) is 14.7. The fraction of sp³-hybridized carbons (Fsp3) is 0.484. The summed E-state index contributed by atoms with van der Waals surface area (Å²) in [6.07, 6.45) is 4.62. The van der Waals surface area contributed by atoms with E-state index in [0.717, 1.165) is 56.5 Å². The van der Waals surface area contributed by atoms with E-state index >= 15 is 0 Å². The van der Waals surface area contributed by atoms with Crippen molar-refractivity contribution in [3.05, 3.63) is 53.7 Å². The number of fused-ring (bicyclic) bond motifs is 1. The first-order chi connectivity index (χ1) is 20.5. The van der Waals surface area contributed by atoms with E-state index in [0.29, 0.717) is 55.0 Å². The molecule has 3 aliphatic rings. The molecule has 11 nitrogen and oxygen atoms in total. The minimum absolute atomic E-state index is 0.00821. The van der Waals surface area contributed by atoms with Crippen LogP contribution in [0.25, 0.3) is 10.9 Å². The Kier molecular flexibility index (Phi) is 8.50. The highest BCUT2D eigenvalue weighted by atomic mass is 16.5. The second-order valence-corrected chi connectivity index (χ2v) is 11.4. The Morgan fingerprint density at radius 2 is 1.74 bits per heavy atom. The number of hydrogen-bond acceptors (Lipinski definition) is 9. The largest absolute Gasteiger partial charge is 0.381 e. The van der Waals surface area contributed by atoms with E-state index in [9.17, 15) is 4.79 Å². The Morgan fingerprint density at radius 3 is 2.43 bits per heavy atom. The summed E-state index contributed by atoms with van der Waals surface area (Å²) in [5.41, 5.74) is 4.79. The van der Waals surface area contributed by atoms with Gasteiger partial charge in [0.15, 0.2) is 0 Å². The Bertz CT molecular complexity index is 1450. The van der Waals surface area contributed by atoms with Crippen LogP contribution in [0.2, 0.25) is 0 Å². The standard InChI is InChI=1S/C31H40N8O3/c1-36(2)26-9-12-38(21-26)25-7-8-29-27(19-25)30(35-39(29)24-10-15-41-16-11-24)28(34-32)20-33-23-5-3-22(4-6-23)31(40)37-13-17-42-18-14-37/h3-8,19-20,24,26H,9-18,21,32H2,1-2H3. The number of ether oxygens (including phenoxy) is 2. The molecule has 0 bridgehead atoms. The van der Waals surface area contributed by atoms with Crippen LogP contribution in [0.15, 0.2) is 52.6 Å². The Morgan fingerprint density at radius 1 is 1.00 bits per heavy atom. The lowest BCUT2D eigenvalue weighted by Crippen LogP contribution is -2.40. The van der Waals surface area contributed by atoms with Crippen LogP contribution >= 0.6 is 0 Å². The van der Waals surface area contributed by atoms with Gasteiger partial charge in [-0.1, -0.05) is 0 Å². The average Bonchev–Trinajstić information content (AvgIpc) is 3.68. The normalized spacial score (nSPS) is 20.8. The predicted octanol–water partition coefficient (Wildman–Crippen LogP) is 3.07. The number of hydrogen-bond donors (Lipinski definition) is 1. The molecule has 0 aliphatic carbocycles. The van der Waals surface area contributed by atoms with Crippen molar-refractivity contribution in [1.29, 1.82) is 0 Å². The molecule has 42 heavy (non-hydrogen) atoms. The number of aromatic nitrogens is 2. The number of aliphatic imine (C=N–C) groups is 1. The van der Waals surface area contributed by atoms with Crippen molar-refractivity contribution in [1.82, 2.24) is 19.6 Å². The minimum atomic E-state index is 0.00821. The molecule has 0 saturated carbocycles. The van der Waals surface area contributed by atoms with E-state index < -0.39 is 0 Å². The van der Waals surface area contributed by atoms with Gasteiger partial charge in [-0.15, -0.1) is 0 Å². The summed E-state index contributed by atoms with van der Waals surface area (Å²) >= 11 is 0. The summed E-state index contributed by atoms with van der Waals surface area (Å²) < 4.78 is 13.1. The van der Waals surface area contributed by atoms with Crippen LogP contribution in [0.4, 0.5) is 11.4 Å². The number of nitrogens with two attached hydrogens (primary N) is 1. The van der Waals surface area contributed by atoms with E-state index in [1.165, 1.54) is 5.69 Å². The number of hydrazone groups is 1. The van der Waals surface area contributed by atoms with Gasteiger partial charge in [-0.2, -0.15) is 10.2 Å². The Balaban J connectivity index is 1.28. The molecule has 3 aromatic rings. The third kappa shape index (κ3) is 5.90. The molecule has 6 rings (SSSR count). The van der Waals surface area contributed by atoms with Crippen LogP contribution in [0, 0.1) is 0 Å². The summed E-state index contributed by atoms with van der Waals surface area (Å²) in [5, 5.41) is 10.2. The van der Waals surface area contributed by atoms with Gasteiger partial charge < -0.3 is 30.0 Å². The van der Waals surface area contributed by atoms with Crippen molar-refractivity contribution in [3.63, 3.8) is 0 Å². The van der Waals surface area contributed by atoms with E-state index in [2.05, 4.69) is 56.9 Å². The van der Waals surface area contributed by atoms with Crippen LogP contribution < -0.4 is 10.7 Å². The van der Waals surface area contributed by atoms with Crippen molar-refractivity contribution < 1.29 is 14.3 Å². The molecule has 222 valence electrons. The predicted molar refractivity (Wildman–Crippen MR) is 165 cm³/mol. The first-order valence-corrected chi connectivity index (χ1v) is 14.8. The number of rotatable bonds is 7.